The van der Waals surface area contributed by atoms with Crippen molar-refractivity contribution in [1.82, 2.24) is 9.97 Å². The highest BCUT2D eigenvalue weighted by Gasteiger charge is 2.17. The van der Waals surface area contributed by atoms with Gasteiger partial charge in [0.2, 0.25) is 0 Å². The third-order valence-electron chi connectivity index (χ3n) is 3.86. The molecule has 0 radical (unpaired) electrons. The van der Waals surface area contributed by atoms with Gasteiger partial charge in [-0.1, -0.05) is 17.7 Å². The van der Waals surface area contributed by atoms with Crippen LogP contribution < -0.4 is 10.2 Å². The quantitative estimate of drug-likeness (QED) is 0.767. The largest absolute Gasteiger partial charge is 0.340 e. The Kier molecular flexibility index (Phi) is 4.88. The summed E-state index contributed by atoms with van der Waals surface area (Å²) in [7, 11) is 1.60. The molecule has 5 nitrogen and oxygen atoms in total. The summed E-state index contributed by atoms with van der Waals surface area (Å²) in [6, 6.07) is 8.88. The van der Waals surface area contributed by atoms with Gasteiger partial charge in [-0.25, -0.2) is 18.7 Å². The zero-order valence-corrected chi connectivity index (χ0v) is 14.2. The highest BCUT2D eigenvalue weighted by molar-refractivity contribution is 6.04. The predicted octanol–water partition coefficient (Wildman–Crippen LogP) is 4.08. The summed E-state index contributed by atoms with van der Waals surface area (Å²) in [6.45, 7) is 1.85. The van der Waals surface area contributed by atoms with Crippen molar-refractivity contribution in [3.8, 4) is 0 Å². The normalized spacial score (nSPS) is 10.5. The molecule has 0 saturated heterocycles. The summed E-state index contributed by atoms with van der Waals surface area (Å²) in [5.74, 6) is -2.09. The number of nitrogens with zero attached hydrogens (tertiary/aromatic N) is 3. The van der Waals surface area contributed by atoms with E-state index < -0.39 is 17.5 Å². The van der Waals surface area contributed by atoms with Gasteiger partial charge >= 0.3 is 0 Å². The van der Waals surface area contributed by atoms with Crippen LogP contribution in [0.2, 0.25) is 0 Å². The molecule has 0 aliphatic carbocycles. The molecule has 26 heavy (non-hydrogen) atoms. The Balaban J connectivity index is 1.92. The number of aromatic nitrogens is 2. The lowest BCUT2D eigenvalue weighted by Gasteiger charge is -2.20. The zero-order chi connectivity index (χ0) is 18.7. The first-order chi connectivity index (χ1) is 12.5. The minimum atomic E-state index is -0.857. The van der Waals surface area contributed by atoms with Crippen molar-refractivity contribution in [3.63, 3.8) is 0 Å². The van der Waals surface area contributed by atoms with Gasteiger partial charge in [-0.3, -0.25) is 4.79 Å². The van der Waals surface area contributed by atoms with E-state index in [0.717, 1.165) is 11.6 Å². The fourth-order valence-electron chi connectivity index (χ4n) is 2.47. The molecule has 0 unspecified atom stereocenters. The van der Waals surface area contributed by atoms with Crippen molar-refractivity contribution in [1.29, 1.82) is 0 Å². The molecular formula is C19H16F2N4O. The summed E-state index contributed by atoms with van der Waals surface area (Å²) in [6.07, 6.45) is 4.35. The van der Waals surface area contributed by atoms with Crippen LogP contribution in [0.15, 0.2) is 55.1 Å². The van der Waals surface area contributed by atoms with E-state index in [1.54, 1.807) is 25.2 Å². The number of benzene rings is 2. The van der Waals surface area contributed by atoms with Crippen LogP contribution in [-0.4, -0.2) is 22.9 Å². The Morgan fingerprint density at radius 2 is 1.81 bits per heavy atom. The summed E-state index contributed by atoms with van der Waals surface area (Å²) in [5, 5.41) is 2.49. The Morgan fingerprint density at radius 1 is 1.08 bits per heavy atom. The number of anilines is 3. The van der Waals surface area contributed by atoms with Gasteiger partial charge in [-0.15, -0.1) is 0 Å². The van der Waals surface area contributed by atoms with Gasteiger partial charge in [-0.05, 0) is 25.1 Å². The van der Waals surface area contributed by atoms with E-state index in [2.05, 4.69) is 15.3 Å². The summed E-state index contributed by atoms with van der Waals surface area (Å²) >= 11 is 0. The van der Waals surface area contributed by atoms with Crippen LogP contribution in [0, 0.1) is 18.6 Å². The number of hydrogen-bond donors (Lipinski definition) is 1. The van der Waals surface area contributed by atoms with Gasteiger partial charge in [0.1, 0.15) is 18.0 Å². The number of halogens is 2. The van der Waals surface area contributed by atoms with Crippen LogP contribution in [0.3, 0.4) is 0 Å². The molecule has 3 aromatic rings. The lowest BCUT2D eigenvalue weighted by atomic mass is 10.1. The van der Waals surface area contributed by atoms with E-state index in [9.17, 15) is 13.6 Å². The van der Waals surface area contributed by atoms with Crippen LogP contribution in [0.4, 0.5) is 25.8 Å². The second kappa shape index (κ2) is 7.26. The molecule has 3 rings (SSSR count). The van der Waals surface area contributed by atoms with Crippen molar-refractivity contribution in [2.45, 2.75) is 6.92 Å². The Morgan fingerprint density at radius 3 is 2.50 bits per heavy atom. The van der Waals surface area contributed by atoms with Gasteiger partial charge in [0, 0.05) is 18.7 Å². The maximum absolute atomic E-state index is 14.2. The average molecular weight is 354 g/mol. The molecular weight excluding hydrogens is 338 g/mol. The summed E-state index contributed by atoms with van der Waals surface area (Å²) in [5.41, 5.74) is 1.79. The summed E-state index contributed by atoms with van der Waals surface area (Å²) in [4.78, 5) is 21.6. The zero-order valence-electron chi connectivity index (χ0n) is 14.2. The first kappa shape index (κ1) is 17.5. The average Bonchev–Trinajstić information content (AvgIpc) is 2.64. The number of amides is 1. The highest BCUT2D eigenvalue weighted by atomic mass is 19.1. The molecule has 132 valence electrons. The van der Waals surface area contributed by atoms with Crippen LogP contribution >= 0.6 is 0 Å². The number of rotatable bonds is 4. The van der Waals surface area contributed by atoms with Crippen LogP contribution in [-0.2, 0) is 0 Å². The molecule has 1 aromatic heterocycles. The molecule has 0 bridgehead atoms. The Hall–Kier alpha value is -3.35. The molecule has 0 atom stereocenters. The fourth-order valence-corrected chi connectivity index (χ4v) is 2.47. The topological polar surface area (TPSA) is 58.1 Å². The third kappa shape index (κ3) is 3.66. The van der Waals surface area contributed by atoms with Gasteiger partial charge in [0.25, 0.3) is 5.91 Å². The highest BCUT2D eigenvalue weighted by Crippen LogP contribution is 2.30. The third-order valence-corrected chi connectivity index (χ3v) is 3.86. The minimum Gasteiger partial charge on any atom is -0.340 e. The molecule has 0 aliphatic rings. The van der Waals surface area contributed by atoms with Crippen molar-refractivity contribution in [3.05, 3.63) is 77.9 Å². The maximum Gasteiger partial charge on any atom is 0.255 e. The molecule has 1 amide bonds. The van der Waals surface area contributed by atoms with Crippen LogP contribution in [0.1, 0.15) is 15.9 Å². The van der Waals surface area contributed by atoms with E-state index in [4.69, 9.17) is 0 Å². The first-order valence-corrected chi connectivity index (χ1v) is 7.81. The number of carbonyl (C=O) groups excluding carboxylic acids is 1. The number of aryl methyl sites for hydroxylation is 1. The van der Waals surface area contributed by atoms with Gasteiger partial charge < -0.3 is 10.2 Å². The molecule has 0 aliphatic heterocycles. The second-order valence-corrected chi connectivity index (χ2v) is 5.76. The van der Waals surface area contributed by atoms with E-state index >= 15 is 0 Å². The predicted molar refractivity (Wildman–Crippen MR) is 95.6 cm³/mol. The second-order valence-electron chi connectivity index (χ2n) is 5.76. The lowest BCUT2D eigenvalue weighted by Crippen LogP contribution is -2.16. The molecule has 0 spiro atoms. The number of hydrogen-bond acceptors (Lipinski definition) is 4. The van der Waals surface area contributed by atoms with E-state index in [-0.39, 0.29) is 11.4 Å². The minimum absolute atomic E-state index is 0.0840. The van der Waals surface area contributed by atoms with E-state index in [1.807, 2.05) is 13.0 Å². The molecule has 0 fully saturated rings. The van der Waals surface area contributed by atoms with E-state index in [1.165, 1.54) is 29.7 Å². The molecule has 1 N–H and O–H groups in total. The Labute approximate surface area is 149 Å². The lowest BCUT2D eigenvalue weighted by molar-refractivity contribution is 0.102. The smallest absolute Gasteiger partial charge is 0.255 e. The van der Waals surface area contributed by atoms with Crippen LogP contribution in [0.25, 0.3) is 0 Å². The van der Waals surface area contributed by atoms with Gasteiger partial charge in [-0.2, -0.15) is 0 Å². The standard InChI is InChI=1S/C19H16F2N4O/c1-12-4-3-5-13(6-12)19(26)24-17-8-18(16(21)7-15(17)20)25(2)14-9-22-11-23-10-14/h3-11H,1-2H3,(H,24,26). The first-order valence-electron chi connectivity index (χ1n) is 7.81. The Bertz CT molecular complexity index is 948. The monoisotopic (exact) mass is 354 g/mol. The van der Waals surface area contributed by atoms with Gasteiger partial charge in [0.05, 0.1) is 29.5 Å². The van der Waals surface area contributed by atoms with Crippen molar-refractivity contribution >= 4 is 23.0 Å². The van der Waals surface area contributed by atoms with Crippen molar-refractivity contribution in [2.24, 2.45) is 0 Å². The molecule has 7 heteroatoms. The SMILES string of the molecule is Cc1cccc(C(=O)Nc2cc(N(C)c3cncnc3)c(F)cc2F)c1. The van der Waals surface area contributed by atoms with Gasteiger partial charge in [0.15, 0.2) is 0 Å². The summed E-state index contributed by atoms with van der Waals surface area (Å²) < 4.78 is 28.4. The van der Waals surface area contributed by atoms with E-state index in [0.29, 0.717) is 11.3 Å². The van der Waals surface area contributed by atoms with Crippen LogP contribution in [0.5, 0.6) is 0 Å². The molecule has 1 heterocycles. The maximum atomic E-state index is 14.2. The number of nitrogens with one attached hydrogen (secondary N) is 1. The molecule has 2 aromatic carbocycles. The van der Waals surface area contributed by atoms with Crippen molar-refractivity contribution < 1.29 is 13.6 Å². The van der Waals surface area contributed by atoms with Crippen molar-refractivity contribution in [2.75, 3.05) is 17.3 Å². The fraction of sp³-hybridized carbons (Fsp3) is 0.105. The molecule has 0 saturated carbocycles. The number of carbonyl (C=O) groups is 1.